The van der Waals surface area contributed by atoms with Crippen LogP contribution in [0.5, 0.6) is 11.5 Å². The van der Waals surface area contributed by atoms with E-state index >= 15 is 0 Å². The van der Waals surface area contributed by atoms with Crippen LogP contribution in [-0.4, -0.2) is 14.6 Å². The summed E-state index contributed by atoms with van der Waals surface area (Å²) in [6.45, 7) is 8.00. The van der Waals surface area contributed by atoms with E-state index in [1.54, 1.807) is 12.1 Å². The minimum absolute atomic E-state index is 0.0822. The molecule has 1 aliphatic rings. The van der Waals surface area contributed by atoms with Crippen molar-refractivity contribution in [1.29, 1.82) is 0 Å². The predicted molar refractivity (Wildman–Crippen MR) is 120 cm³/mol. The quantitative estimate of drug-likeness (QED) is 0.398. The molecule has 6 heteroatoms. The topological polar surface area (TPSA) is 39.4 Å². The van der Waals surface area contributed by atoms with Gasteiger partial charge in [-0.1, -0.05) is 48.7 Å². The highest BCUT2D eigenvalue weighted by Gasteiger charge is 2.49. The van der Waals surface area contributed by atoms with Gasteiger partial charge in [-0.05, 0) is 69.2 Å². The molecule has 3 aromatic rings. The largest absolute Gasteiger partial charge is 0.453 e. The number of rotatable bonds is 5. The van der Waals surface area contributed by atoms with Gasteiger partial charge in [-0.15, -0.1) is 10.2 Å². The van der Waals surface area contributed by atoms with Gasteiger partial charge in [-0.25, -0.2) is 0 Å². The lowest BCUT2D eigenvalue weighted by Gasteiger charge is -2.14. The van der Waals surface area contributed by atoms with Gasteiger partial charge in [-0.3, -0.25) is 4.40 Å². The molecule has 1 aromatic carbocycles. The molecule has 152 valence electrons. The maximum Gasteiger partial charge on any atom is 0.203 e. The Balaban J connectivity index is 0.00000117. The molecule has 2 aromatic heterocycles. The number of benzene rings is 1. The summed E-state index contributed by atoms with van der Waals surface area (Å²) in [4.78, 5) is 0. The summed E-state index contributed by atoms with van der Waals surface area (Å²) in [7, 11) is 0. The van der Waals surface area contributed by atoms with E-state index in [0.29, 0.717) is 22.2 Å². The van der Waals surface area contributed by atoms with Gasteiger partial charge in [0.15, 0.2) is 5.75 Å². The number of hydrogen-bond acceptors (Lipinski definition) is 3. The summed E-state index contributed by atoms with van der Waals surface area (Å²) < 4.78 is 8.03. The summed E-state index contributed by atoms with van der Waals surface area (Å²) in [5.41, 5.74) is 1.85. The van der Waals surface area contributed by atoms with Crippen LogP contribution in [0, 0.1) is 0 Å². The average molecular weight is 430 g/mol. The van der Waals surface area contributed by atoms with Crippen LogP contribution in [0.2, 0.25) is 5.02 Å². The van der Waals surface area contributed by atoms with Crippen LogP contribution in [0.4, 0.5) is 0 Å². The molecule has 29 heavy (non-hydrogen) atoms. The minimum Gasteiger partial charge on any atom is -0.453 e. The van der Waals surface area contributed by atoms with E-state index in [-0.39, 0.29) is 5.41 Å². The molecule has 0 bridgehead atoms. The van der Waals surface area contributed by atoms with E-state index in [2.05, 4.69) is 23.2 Å². The number of allylic oxidation sites excluding steroid dienone is 4. The molecular weight excluding hydrogens is 405 g/mol. The third-order valence-electron chi connectivity index (χ3n) is 4.94. The zero-order valence-corrected chi connectivity index (χ0v) is 18.6. The fourth-order valence-corrected chi connectivity index (χ4v) is 3.43. The lowest BCUT2D eigenvalue weighted by molar-refractivity contribution is 0.484. The second kappa shape index (κ2) is 9.02. The summed E-state index contributed by atoms with van der Waals surface area (Å²) >= 11 is 11.9. The lowest BCUT2D eigenvalue weighted by Crippen LogP contribution is -2.13. The van der Waals surface area contributed by atoms with Crippen molar-refractivity contribution in [3.05, 3.63) is 76.2 Å². The Labute approximate surface area is 181 Å². The number of halogens is 2. The van der Waals surface area contributed by atoms with Crippen molar-refractivity contribution in [1.82, 2.24) is 14.6 Å². The van der Waals surface area contributed by atoms with Crippen LogP contribution < -0.4 is 4.74 Å². The fourth-order valence-electron chi connectivity index (χ4n) is 3.25. The number of aromatic nitrogens is 3. The first kappa shape index (κ1) is 21.4. The van der Waals surface area contributed by atoms with Crippen LogP contribution in [0.25, 0.3) is 5.65 Å². The van der Waals surface area contributed by atoms with Crippen LogP contribution in [0.15, 0.2) is 65.4 Å². The zero-order chi connectivity index (χ0) is 21.0. The lowest BCUT2D eigenvalue weighted by atomic mass is 9.95. The van der Waals surface area contributed by atoms with Crippen LogP contribution in [0.1, 0.15) is 46.4 Å². The summed E-state index contributed by atoms with van der Waals surface area (Å²) in [6, 6.07) is 11.1. The number of fused-ring (bicyclic) bond motifs is 1. The highest BCUT2D eigenvalue weighted by molar-refractivity contribution is 6.30. The van der Waals surface area contributed by atoms with Gasteiger partial charge in [0.25, 0.3) is 0 Å². The highest BCUT2D eigenvalue weighted by atomic mass is 35.5. The van der Waals surface area contributed by atoms with Crippen molar-refractivity contribution in [2.75, 3.05) is 0 Å². The van der Waals surface area contributed by atoms with E-state index in [0.717, 1.165) is 23.7 Å². The molecule has 0 amide bonds. The molecule has 0 N–H and O–H groups in total. The molecule has 1 fully saturated rings. The van der Waals surface area contributed by atoms with Crippen molar-refractivity contribution < 1.29 is 4.74 Å². The maximum atomic E-state index is 6.01. The Morgan fingerprint density at radius 2 is 1.76 bits per heavy atom. The molecule has 0 unspecified atom stereocenters. The summed E-state index contributed by atoms with van der Waals surface area (Å²) in [6.07, 6.45) is 8.08. The molecule has 2 heterocycles. The smallest absolute Gasteiger partial charge is 0.203 e. The molecular formula is C23H25Cl2N3O. The van der Waals surface area contributed by atoms with E-state index < -0.39 is 0 Å². The van der Waals surface area contributed by atoms with Crippen LogP contribution in [0.3, 0.4) is 0 Å². The third kappa shape index (κ3) is 4.49. The van der Waals surface area contributed by atoms with Crippen molar-refractivity contribution in [3.8, 4) is 11.5 Å². The minimum atomic E-state index is -0.0822. The van der Waals surface area contributed by atoms with Crippen LogP contribution >= 0.6 is 23.2 Å². The fraction of sp³-hybridized carbons (Fsp3) is 0.304. The zero-order valence-electron chi connectivity index (χ0n) is 17.1. The highest BCUT2D eigenvalue weighted by Crippen LogP contribution is 2.53. The van der Waals surface area contributed by atoms with Gasteiger partial charge >= 0.3 is 0 Å². The Hall–Kier alpha value is -2.30. The van der Waals surface area contributed by atoms with E-state index in [4.69, 9.17) is 27.9 Å². The van der Waals surface area contributed by atoms with E-state index in [9.17, 15) is 0 Å². The second-order valence-corrected chi connectivity index (χ2v) is 7.86. The van der Waals surface area contributed by atoms with Gasteiger partial charge in [0.05, 0.1) is 5.41 Å². The Morgan fingerprint density at radius 1 is 1.07 bits per heavy atom. The molecule has 1 saturated carbocycles. The predicted octanol–water partition coefficient (Wildman–Crippen LogP) is 7.32. The number of pyridine rings is 1. The Morgan fingerprint density at radius 3 is 2.38 bits per heavy atom. The molecule has 1 aliphatic carbocycles. The number of ether oxygens (including phenoxy) is 1. The number of hydrogen-bond donors (Lipinski definition) is 0. The first-order valence-electron chi connectivity index (χ1n) is 9.78. The first-order chi connectivity index (χ1) is 14.0. The second-order valence-electron chi connectivity index (χ2n) is 6.83. The average Bonchev–Trinajstić information content (AvgIpc) is 3.42. The van der Waals surface area contributed by atoms with Gasteiger partial charge in [0, 0.05) is 16.3 Å². The molecule has 0 spiro atoms. The van der Waals surface area contributed by atoms with Crippen molar-refractivity contribution in [2.24, 2.45) is 0 Å². The normalized spacial score (nSPS) is 15.7. The molecule has 4 rings (SSSR count). The third-order valence-corrected chi connectivity index (χ3v) is 5.31. The monoisotopic (exact) mass is 429 g/mol. The Kier molecular flexibility index (Phi) is 6.66. The van der Waals surface area contributed by atoms with Crippen molar-refractivity contribution in [2.45, 2.75) is 46.0 Å². The van der Waals surface area contributed by atoms with Crippen molar-refractivity contribution >= 4 is 28.8 Å². The maximum absolute atomic E-state index is 6.01. The SMILES string of the molecule is C/C(Cl)=C\C=C(/C)C1(c2nnc3c(Oc4ccc(Cl)cc4)cccn23)CC1.CC. The van der Waals surface area contributed by atoms with Gasteiger partial charge in [-0.2, -0.15) is 0 Å². The Bertz CT molecular complexity index is 1040. The molecule has 0 aliphatic heterocycles. The van der Waals surface area contributed by atoms with Gasteiger partial charge in [0.1, 0.15) is 11.6 Å². The molecule has 0 atom stereocenters. The van der Waals surface area contributed by atoms with E-state index in [1.165, 1.54) is 5.57 Å². The number of nitrogens with zero attached hydrogens (tertiary/aromatic N) is 3. The summed E-state index contributed by atoms with van der Waals surface area (Å²) in [5.74, 6) is 2.30. The molecule has 0 radical (unpaired) electrons. The van der Waals surface area contributed by atoms with Crippen LogP contribution in [-0.2, 0) is 5.41 Å². The van der Waals surface area contributed by atoms with E-state index in [1.807, 2.05) is 61.7 Å². The standard InChI is InChI=1S/C21H19Cl2N3O.C2H6/c1-14(5-6-15(2)22)21(11-12-21)20-25-24-19-18(4-3-13-26(19)20)27-17-9-7-16(23)8-10-17;1-2/h3-10,13H,11-12H2,1-2H3;1-2H3/b14-5+,15-6+;. The van der Waals surface area contributed by atoms with Gasteiger partial charge in [0.2, 0.25) is 5.65 Å². The molecule has 0 saturated heterocycles. The molecule has 4 nitrogen and oxygen atoms in total. The summed E-state index contributed by atoms with van der Waals surface area (Å²) in [5, 5.41) is 10.4. The van der Waals surface area contributed by atoms with Crippen molar-refractivity contribution in [3.63, 3.8) is 0 Å². The first-order valence-corrected chi connectivity index (χ1v) is 10.5. The van der Waals surface area contributed by atoms with Gasteiger partial charge < -0.3 is 4.74 Å².